The van der Waals surface area contributed by atoms with Crippen molar-refractivity contribution < 1.29 is 17.6 Å². The molecule has 1 rings (SSSR count). The molecule has 8 heteroatoms. The maximum Gasteiger partial charge on any atom is 0.495 e. The second-order valence-electron chi connectivity index (χ2n) is 2.55. The highest BCUT2D eigenvalue weighted by molar-refractivity contribution is 8.04. The van der Waals surface area contributed by atoms with Gasteiger partial charge in [-0.25, -0.2) is 4.31 Å². The van der Waals surface area contributed by atoms with E-state index in [4.69, 9.17) is 23.2 Å². The van der Waals surface area contributed by atoms with E-state index in [1.807, 2.05) is 0 Å². The van der Waals surface area contributed by atoms with Gasteiger partial charge in [-0.2, -0.15) is 4.39 Å². The fourth-order valence-corrected chi connectivity index (χ4v) is 1.79. The van der Waals surface area contributed by atoms with Gasteiger partial charge in [0.2, 0.25) is 0 Å². The van der Waals surface area contributed by atoms with Crippen LogP contribution in [0.4, 0.5) is 23.2 Å². The Balaban J connectivity index is 2.98. The van der Waals surface area contributed by atoms with Crippen LogP contribution in [0.25, 0.3) is 0 Å². The van der Waals surface area contributed by atoms with Gasteiger partial charge in [-0.1, -0.05) is 41.4 Å². The minimum atomic E-state index is -4.82. The Bertz CT molecular complexity index is 338. The fourth-order valence-electron chi connectivity index (χ4n) is 0.851. The molecule has 0 aliphatic heterocycles. The summed E-state index contributed by atoms with van der Waals surface area (Å²) in [6, 6.07) is 7.50. The van der Waals surface area contributed by atoms with Crippen molar-refractivity contribution in [1.29, 1.82) is 0 Å². The summed E-state index contributed by atoms with van der Waals surface area (Å²) in [7, 11) is 0. The molecule has 0 heterocycles. The highest BCUT2D eigenvalue weighted by atomic mass is 35.5. The van der Waals surface area contributed by atoms with Crippen molar-refractivity contribution >= 4 is 40.8 Å². The number of alkyl halides is 6. The molecule has 0 bridgehead atoms. The number of hydrogen-bond donors (Lipinski definition) is 0. The summed E-state index contributed by atoms with van der Waals surface area (Å²) in [5.41, 5.74) is -0.386. The van der Waals surface area contributed by atoms with Gasteiger partial charge in [0, 0.05) is 18.0 Å². The average Bonchev–Trinajstić information content (AvgIpc) is 2.13. The van der Waals surface area contributed by atoms with Gasteiger partial charge in [0.1, 0.15) is 0 Å². The highest BCUT2D eigenvalue weighted by Crippen LogP contribution is 2.45. The third-order valence-corrected chi connectivity index (χ3v) is 2.54. The van der Waals surface area contributed by atoms with Crippen molar-refractivity contribution in [2.24, 2.45) is 0 Å². The molecule has 1 aromatic carbocycles. The molecule has 0 unspecified atom stereocenters. The minimum Gasteiger partial charge on any atom is -0.220 e. The predicted octanol–water partition coefficient (Wildman–Crippen LogP) is 4.52. The van der Waals surface area contributed by atoms with E-state index in [-0.39, 0.29) is 9.99 Å². The molecule has 0 aromatic heterocycles. The van der Waals surface area contributed by atoms with Gasteiger partial charge in [0.25, 0.3) is 0 Å². The molecule has 16 heavy (non-hydrogen) atoms. The van der Waals surface area contributed by atoms with Gasteiger partial charge in [-0.05, 0) is 6.07 Å². The number of halogens is 6. The van der Waals surface area contributed by atoms with Gasteiger partial charge < -0.3 is 0 Å². The fraction of sp³-hybridized carbons (Fsp3) is 0.250. The Morgan fingerprint density at radius 2 is 1.81 bits per heavy atom. The molecule has 0 saturated heterocycles. The van der Waals surface area contributed by atoms with Crippen LogP contribution in [0.5, 0.6) is 0 Å². The van der Waals surface area contributed by atoms with Crippen LogP contribution in [0, 0.1) is 6.07 Å². The van der Waals surface area contributed by atoms with Gasteiger partial charge in [0.15, 0.2) is 0 Å². The molecule has 0 fully saturated rings. The van der Waals surface area contributed by atoms with E-state index in [0.717, 1.165) is 6.07 Å². The summed E-state index contributed by atoms with van der Waals surface area (Å²) in [4.78, 5) is 0. The van der Waals surface area contributed by atoms with E-state index >= 15 is 0 Å². The second kappa shape index (κ2) is 4.89. The molecule has 0 aliphatic rings. The third kappa shape index (κ3) is 4.27. The molecule has 89 valence electrons. The van der Waals surface area contributed by atoms with Gasteiger partial charge in [-0.15, -0.1) is 13.2 Å². The smallest absolute Gasteiger partial charge is 0.220 e. The first-order chi connectivity index (χ1) is 7.20. The Hall–Kier alpha value is -0.330. The van der Waals surface area contributed by atoms with E-state index in [1.54, 1.807) is 0 Å². The Labute approximate surface area is 103 Å². The first-order valence-corrected chi connectivity index (χ1v) is 5.32. The zero-order valence-electron chi connectivity index (χ0n) is 7.43. The number of hydrogen-bond acceptors (Lipinski definition) is 2. The van der Waals surface area contributed by atoms with Crippen LogP contribution in [-0.2, 0) is 0 Å². The number of para-hydroxylation sites is 1. The molecular weight excluding hydrogens is 289 g/mol. The first-order valence-electron chi connectivity index (χ1n) is 3.80. The maximum absolute atomic E-state index is 12.8. The summed E-state index contributed by atoms with van der Waals surface area (Å²) in [6.45, 7) is 0. The zero-order chi connectivity index (χ0) is 12.4. The maximum atomic E-state index is 12.8. The number of rotatable bonds is 3. The largest absolute Gasteiger partial charge is 0.495 e. The van der Waals surface area contributed by atoms with E-state index in [1.165, 1.54) is 18.2 Å². The molecule has 0 aliphatic carbocycles. The predicted molar refractivity (Wildman–Crippen MR) is 56.9 cm³/mol. The van der Waals surface area contributed by atoms with E-state index < -0.39 is 22.2 Å². The topological polar surface area (TPSA) is 3.24 Å². The summed E-state index contributed by atoms with van der Waals surface area (Å²) in [5.74, 6) is 0. The first kappa shape index (κ1) is 13.7. The van der Waals surface area contributed by atoms with Gasteiger partial charge >= 0.3 is 10.2 Å². The number of benzene rings is 1. The molecule has 1 radical (unpaired) electrons. The van der Waals surface area contributed by atoms with Crippen molar-refractivity contribution in [1.82, 2.24) is 0 Å². The van der Waals surface area contributed by atoms with Crippen molar-refractivity contribution in [3.8, 4) is 0 Å². The van der Waals surface area contributed by atoms with Crippen LogP contribution in [-0.4, -0.2) is 10.2 Å². The molecule has 0 amide bonds. The quantitative estimate of drug-likeness (QED) is 0.349. The Morgan fingerprint density at radius 1 is 1.19 bits per heavy atom. The monoisotopic (exact) mass is 292 g/mol. The normalized spacial score (nSPS) is 12.6. The number of anilines is 1. The summed E-state index contributed by atoms with van der Waals surface area (Å²) >= 11 is 9.38. The van der Waals surface area contributed by atoms with Crippen molar-refractivity contribution in [3.63, 3.8) is 0 Å². The molecule has 1 nitrogen and oxygen atoms in total. The highest BCUT2D eigenvalue weighted by Gasteiger charge is 2.43. The van der Waals surface area contributed by atoms with Crippen LogP contribution in [0.15, 0.2) is 24.3 Å². The molecule has 0 spiro atoms. The van der Waals surface area contributed by atoms with Crippen LogP contribution in [0.1, 0.15) is 0 Å². The van der Waals surface area contributed by atoms with Crippen molar-refractivity contribution in [2.75, 3.05) is 4.31 Å². The zero-order valence-corrected chi connectivity index (χ0v) is 9.76. The summed E-state index contributed by atoms with van der Waals surface area (Å²) in [5, 5.41) is 0. The lowest BCUT2D eigenvalue weighted by Crippen LogP contribution is -2.34. The van der Waals surface area contributed by atoms with E-state index in [0.29, 0.717) is 0 Å². The van der Waals surface area contributed by atoms with E-state index in [2.05, 4.69) is 6.07 Å². The lowest BCUT2D eigenvalue weighted by atomic mass is 10.3. The minimum absolute atomic E-state index is 0.299. The molecule has 0 N–H and O–H groups in total. The van der Waals surface area contributed by atoms with Crippen molar-refractivity contribution in [2.45, 2.75) is 10.2 Å². The molecule has 0 atom stereocenters. The summed E-state index contributed by atoms with van der Waals surface area (Å²) in [6.07, 6.45) is -4.82. The standard InChI is InChI=1S/C8H4Cl2F4NS/c9-7(10,11)16-15(8(12,13)14)6-4-2-1-3-5-6/h1-4H. The SMILES string of the molecule is FC(Cl)(Cl)SN(c1[c]cccc1)C(F)(F)F. The molecule has 0 saturated carbocycles. The second-order valence-corrected chi connectivity index (χ2v) is 5.34. The molecule has 1 aromatic rings. The Morgan fingerprint density at radius 3 is 2.19 bits per heavy atom. The van der Waals surface area contributed by atoms with Crippen LogP contribution in [0.2, 0.25) is 0 Å². The van der Waals surface area contributed by atoms with E-state index in [9.17, 15) is 17.6 Å². The van der Waals surface area contributed by atoms with Crippen LogP contribution in [0.3, 0.4) is 0 Å². The lowest BCUT2D eigenvalue weighted by molar-refractivity contribution is -0.114. The average molecular weight is 293 g/mol. The lowest BCUT2D eigenvalue weighted by Gasteiger charge is -2.27. The van der Waals surface area contributed by atoms with Gasteiger partial charge in [0.05, 0.1) is 5.69 Å². The van der Waals surface area contributed by atoms with Crippen molar-refractivity contribution in [3.05, 3.63) is 30.3 Å². The number of nitrogens with zero attached hydrogens (tertiary/aromatic N) is 1. The summed E-state index contributed by atoms with van der Waals surface area (Å²) < 4.78 is 47.0. The van der Waals surface area contributed by atoms with Gasteiger partial charge in [-0.3, -0.25) is 0 Å². The Kier molecular flexibility index (Phi) is 4.20. The van der Waals surface area contributed by atoms with Crippen LogP contribution >= 0.6 is 35.1 Å². The van der Waals surface area contributed by atoms with Crippen LogP contribution < -0.4 is 4.31 Å². The molecular formula is C8H4Cl2F4NS. The third-order valence-electron chi connectivity index (χ3n) is 1.34.